The Morgan fingerprint density at radius 2 is 2.37 bits per heavy atom. The number of hydrogen-bond donors (Lipinski definition) is 3. The van der Waals surface area contributed by atoms with Crippen LogP contribution in [-0.4, -0.2) is 28.4 Å². The van der Waals surface area contributed by atoms with Gasteiger partial charge in [0.1, 0.15) is 11.0 Å². The van der Waals surface area contributed by atoms with Gasteiger partial charge in [0.25, 0.3) is 5.91 Å². The molecule has 1 aliphatic rings. The molecule has 104 valence electrons. The fraction of sp³-hybridized carbons (Fsp3) is 0.500. The number of carbonyl (C=O) groups is 1. The number of hydrazine groups is 1. The molecule has 5 nitrogen and oxygen atoms in total. The summed E-state index contributed by atoms with van der Waals surface area (Å²) in [5, 5.41) is 3.69. The van der Waals surface area contributed by atoms with Crippen molar-refractivity contribution >= 4 is 35.1 Å². The van der Waals surface area contributed by atoms with Crippen LogP contribution in [0.2, 0.25) is 5.15 Å². The van der Waals surface area contributed by atoms with Crippen LogP contribution in [0, 0.1) is 0 Å². The molecule has 2 rings (SSSR count). The predicted octanol–water partition coefficient (Wildman–Crippen LogP) is 2.04. The number of carbonyl (C=O) groups excluding carboxylic acids is 1. The first-order chi connectivity index (χ1) is 9.19. The average Bonchev–Trinajstić information content (AvgIpc) is 2.45. The lowest BCUT2D eigenvalue weighted by atomic mass is 10.2. The predicted molar refractivity (Wildman–Crippen MR) is 79.5 cm³/mol. The third-order valence-electron chi connectivity index (χ3n) is 2.97. The van der Waals surface area contributed by atoms with Crippen LogP contribution in [0.25, 0.3) is 0 Å². The van der Waals surface area contributed by atoms with Gasteiger partial charge in [-0.1, -0.05) is 18.0 Å². The minimum absolute atomic E-state index is 0.146. The van der Waals surface area contributed by atoms with Crippen molar-refractivity contribution in [3.8, 4) is 0 Å². The summed E-state index contributed by atoms with van der Waals surface area (Å²) in [6.07, 6.45) is 3.69. The van der Waals surface area contributed by atoms with Crippen LogP contribution in [0.5, 0.6) is 0 Å². The zero-order valence-electron chi connectivity index (χ0n) is 10.5. The number of thioether (sulfide) groups is 1. The van der Waals surface area contributed by atoms with Gasteiger partial charge >= 0.3 is 0 Å². The summed E-state index contributed by atoms with van der Waals surface area (Å²) in [4.78, 5) is 16.0. The van der Waals surface area contributed by atoms with E-state index in [0.717, 1.165) is 6.42 Å². The van der Waals surface area contributed by atoms with E-state index >= 15 is 0 Å². The summed E-state index contributed by atoms with van der Waals surface area (Å²) in [6, 6.07) is 3.11. The molecule has 2 heterocycles. The lowest BCUT2D eigenvalue weighted by molar-refractivity contribution is 0.0953. The van der Waals surface area contributed by atoms with Gasteiger partial charge < -0.3 is 10.7 Å². The Morgan fingerprint density at radius 1 is 1.53 bits per heavy atom. The minimum Gasteiger partial charge on any atom is -0.351 e. The molecule has 4 N–H and O–H groups in total. The molecule has 0 saturated carbocycles. The van der Waals surface area contributed by atoms with Crippen LogP contribution in [0.4, 0.5) is 5.82 Å². The zero-order chi connectivity index (χ0) is 13.7. The van der Waals surface area contributed by atoms with Gasteiger partial charge in [0, 0.05) is 17.4 Å². The third-order valence-corrected chi connectivity index (χ3v) is 4.56. The van der Waals surface area contributed by atoms with Crippen molar-refractivity contribution in [1.29, 1.82) is 0 Å². The second-order valence-electron chi connectivity index (χ2n) is 4.41. The van der Waals surface area contributed by atoms with E-state index in [2.05, 4.69) is 15.7 Å². The van der Waals surface area contributed by atoms with Crippen LogP contribution in [0.15, 0.2) is 12.1 Å². The number of amides is 1. The fourth-order valence-electron chi connectivity index (χ4n) is 1.98. The molecule has 1 atom stereocenters. The molecular formula is C12H17ClN4OS. The number of aromatic nitrogens is 1. The van der Waals surface area contributed by atoms with Crippen molar-refractivity contribution < 1.29 is 4.79 Å². The topological polar surface area (TPSA) is 80.0 Å². The van der Waals surface area contributed by atoms with Crippen molar-refractivity contribution in [3.05, 3.63) is 22.8 Å². The van der Waals surface area contributed by atoms with Gasteiger partial charge in [-0.05, 0) is 30.7 Å². The first-order valence-corrected chi connectivity index (χ1v) is 7.65. The standard InChI is InChI=1S/C12H17ClN4OS/c13-10-5-8(6-11(16-10)17-14)12(18)15-7-9-3-1-2-4-19-9/h5-6,9H,1-4,7,14H2,(H,15,18)(H,16,17). The fourth-order valence-corrected chi connectivity index (χ4v) is 3.43. The van der Waals surface area contributed by atoms with Crippen LogP contribution in [0.3, 0.4) is 0 Å². The summed E-state index contributed by atoms with van der Waals surface area (Å²) in [7, 11) is 0. The number of anilines is 1. The Morgan fingerprint density at radius 3 is 3.05 bits per heavy atom. The molecule has 0 bridgehead atoms. The molecule has 0 aliphatic carbocycles. The highest BCUT2D eigenvalue weighted by Gasteiger charge is 2.16. The highest BCUT2D eigenvalue weighted by Crippen LogP contribution is 2.24. The molecule has 1 saturated heterocycles. The monoisotopic (exact) mass is 300 g/mol. The van der Waals surface area contributed by atoms with Crippen LogP contribution < -0.4 is 16.6 Å². The van der Waals surface area contributed by atoms with Crippen molar-refractivity contribution in [2.75, 3.05) is 17.7 Å². The summed E-state index contributed by atoms with van der Waals surface area (Å²) < 4.78 is 0. The highest BCUT2D eigenvalue weighted by molar-refractivity contribution is 7.99. The highest BCUT2D eigenvalue weighted by atomic mass is 35.5. The smallest absolute Gasteiger partial charge is 0.251 e. The molecule has 1 amide bonds. The second-order valence-corrected chi connectivity index (χ2v) is 6.20. The summed E-state index contributed by atoms with van der Waals surface area (Å²) >= 11 is 7.76. The van der Waals surface area contributed by atoms with Gasteiger partial charge in [-0.3, -0.25) is 4.79 Å². The van der Waals surface area contributed by atoms with Gasteiger partial charge in [-0.15, -0.1) is 0 Å². The Balaban J connectivity index is 1.93. The van der Waals surface area contributed by atoms with Gasteiger partial charge in [-0.2, -0.15) is 11.8 Å². The maximum absolute atomic E-state index is 12.0. The van der Waals surface area contributed by atoms with E-state index in [1.54, 1.807) is 6.07 Å². The van der Waals surface area contributed by atoms with E-state index in [1.807, 2.05) is 11.8 Å². The van der Waals surface area contributed by atoms with E-state index < -0.39 is 0 Å². The third kappa shape index (κ3) is 4.26. The van der Waals surface area contributed by atoms with Crippen molar-refractivity contribution in [2.45, 2.75) is 24.5 Å². The first-order valence-electron chi connectivity index (χ1n) is 6.23. The molecule has 19 heavy (non-hydrogen) atoms. The maximum Gasteiger partial charge on any atom is 0.251 e. The molecule has 0 aromatic carbocycles. The van der Waals surface area contributed by atoms with Gasteiger partial charge in [0.15, 0.2) is 0 Å². The molecule has 0 radical (unpaired) electrons. The number of hydrogen-bond acceptors (Lipinski definition) is 5. The lowest BCUT2D eigenvalue weighted by Crippen LogP contribution is -2.32. The largest absolute Gasteiger partial charge is 0.351 e. The quantitative estimate of drug-likeness (QED) is 0.450. The van der Waals surface area contributed by atoms with Crippen LogP contribution >= 0.6 is 23.4 Å². The Kier molecular flexibility index (Phi) is 5.30. The Bertz CT molecular complexity index is 451. The van der Waals surface area contributed by atoms with Gasteiger partial charge in [0.05, 0.1) is 0 Å². The SMILES string of the molecule is NNc1cc(C(=O)NCC2CCCCS2)cc(Cl)n1. The lowest BCUT2D eigenvalue weighted by Gasteiger charge is -2.21. The molecule has 1 aliphatic heterocycles. The molecular weight excluding hydrogens is 284 g/mol. The number of rotatable bonds is 4. The summed E-state index contributed by atoms with van der Waals surface area (Å²) in [5.74, 6) is 6.69. The molecule has 1 aromatic heterocycles. The molecule has 7 heteroatoms. The van der Waals surface area contributed by atoms with E-state index in [9.17, 15) is 4.79 Å². The number of nitrogen functional groups attached to an aromatic ring is 1. The Labute approximate surface area is 121 Å². The van der Waals surface area contributed by atoms with Crippen LogP contribution in [0.1, 0.15) is 29.6 Å². The van der Waals surface area contributed by atoms with Crippen molar-refractivity contribution in [2.24, 2.45) is 5.84 Å². The van der Waals surface area contributed by atoms with E-state index in [0.29, 0.717) is 23.2 Å². The Hall–Kier alpha value is -0.980. The minimum atomic E-state index is -0.146. The van der Waals surface area contributed by atoms with E-state index in [1.165, 1.54) is 24.7 Å². The molecule has 1 aromatic rings. The second kappa shape index (κ2) is 6.98. The number of nitrogens with one attached hydrogen (secondary N) is 2. The number of nitrogens with zero attached hydrogens (tertiary/aromatic N) is 1. The van der Waals surface area contributed by atoms with Gasteiger partial charge in [-0.25, -0.2) is 10.8 Å². The first kappa shape index (κ1) is 14.4. The molecule has 1 unspecified atom stereocenters. The zero-order valence-corrected chi connectivity index (χ0v) is 12.1. The molecule has 1 fully saturated rings. The van der Waals surface area contributed by atoms with E-state index in [4.69, 9.17) is 17.4 Å². The number of pyridine rings is 1. The van der Waals surface area contributed by atoms with E-state index in [-0.39, 0.29) is 11.1 Å². The van der Waals surface area contributed by atoms with Crippen molar-refractivity contribution in [3.63, 3.8) is 0 Å². The number of halogens is 1. The summed E-state index contributed by atoms with van der Waals surface area (Å²) in [6.45, 7) is 0.689. The molecule has 0 spiro atoms. The van der Waals surface area contributed by atoms with Crippen LogP contribution in [-0.2, 0) is 0 Å². The van der Waals surface area contributed by atoms with Gasteiger partial charge in [0.2, 0.25) is 0 Å². The summed E-state index contributed by atoms with van der Waals surface area (Å²) in [5.41, 5.74) is 2.86. The maximum atomic E-state index is 12.0. The average molecular weight is 301 g/mol. The van der Waals surface area contributed by atoms with Crippen molar-refractivity contribution in [1.82, 2.24) is 10.3 Å². The normalized spacial score (nSPS) is 18.9. The number of nitrogens with two attached hydrogens (primary N) is 1.